The minimum absolute atomic E-state index is 0.283. The Kier molecular flexibility index (Phi) is 10.6. The van der Waals surface area contributed by atoms with Crippen molar-refractivity contribution >= 4 is 23.6 Å². The zero-order valence-corrected chi connectivity index (χ0v) is 24.9. The van der Waals surface area contributed by atoms with Crippen LogP contribution in [0.5, 0.6) is 0 Å². The Morgan fingerprint density at radius 3 is 2.08 bits per heavy atom. The van der Waals surface area contributed by atoms with Crippen molar-refractivity contribution in [3.63, 3.8) is 0 Å². The number of nitrogens with one attached hydrogen (secondary N) is 1. The van der Waals surface area contributed by atoms with E-state index in [4.69, 9.17) is 25.7 Å². The van der Waals surface area contributed by atoms with Gasteiger partial charge < -0.3 is 40.8 Å². The van der Waals surface area contributed by atoms with Crippen molar-refractivity contribution in [3.8, 4) is 0 Å². The maximum Gasteiger partial charge on any atom is 0.246 e. The van der Waals surface area contributed by atoms with E-state index in [1.54, 1.807) is 13.8 Å². The number of rotatable bonds is 1. The molecule has 0 radical (unpaired) electrons. The van der Waals surface area contributed by atoms with Gasteiger partial charge in [-0.15, -0.1) is 0 Å². The average Bonchev–Trinajstić information content (AvgIpc) is 3.54. The molecular formula is C28H49N5O7. The standard InChI is InChI=1S/C28H49N5O7/c1-17-21(29)26(37)33-14-8-10-20(33)25(36)32-13-7-9-19(32)24(35)31-22(23(30)34)18(2)38-15-11-27(3,4)39-16-12-28(5,6)40-17/h17-22H,7-16,29H2,1-6H3,(H2,30,34)(H,31,35). The van der Waals surface area contributed by atoms with Gasteiger partial charge in [-0.2, -0.15) is 0 Å². The zero-order chi connectivity index (χ0) is 29.8. The zero-order valence-electron chi connectivity index (χ0n) is 24.9. The van der Waals surface area contributed by atoms with Crippen molar-refractivity contribution in [1.29, 1.82) is 0 Å². The number of hydrogen-bond donors (Lipinski definition) is 3. The number of amides is 4. The molecule has 0 spiro atoms. The summed E-state index contributed by atoms with van der Waals surface area (Å²) >= 11 is 0. The van der Waals surface area contributed by atoms with E-state index in [0.29, 0.717) is 58.2 Å². The second-order valence-corrected chi connectivity index (χ2v) is 12.6. The lowest BCUT2D eigenvalue weighted by molar-refractivity contribution is -0.151. The summed E-state index contributed by atoms with van der Waals surface area (Å²) in [6, 6.07) is -3.49. The fourth-order valence-electron chi connectivity index (χ4n) is 5.71. The lowest BCUT2D eigenvalue weighted by atomic mass is 10.0. The Labute approximate surface area is 237 Å². The largest absolute Gasteiger partial charge is 0.376 e. The highest BCUT2D eigenvalue weighted by molar-refractivity contribution is 5.95. The first-order valence-electron chi connectivity index (χ1n) is 14.5. The van der Waals surface area contributed by atoms with E-state index in [2.05, 4.69) is 5.32 Å². The number of hydrogen-bond acceptors (Lipinski definition) is 8. The van der Waals surface area contributed by atoms with Crippen molar-refractivity contribution in [1.82, 2.24) is 15.1 Å². The van der Waals surface area contributed by atoms with E-state index in [9.17, 15) is 19.2 Å². The van der Waals surface area contributed by atoms with Crippen molar-refractivity contribution in [2.45, 2.75) is 128 Å². The van der Waals surface area contributed by atoms with Crippen LogP contribution in [0.3, 0.4) is 0 Å². The SMILES string of the molecule is CC1OC(C)(C)CCOC(C)(C)CCOC(C)C(C(N)=O)NC(=O)C2CCCN2C(=O)C2CCCN2C(=O)C1N. The van der Waals surface area contributed by atoms with Crippen molar-refractivity contribution < 1.29 is 33.4 Å². The van der Waals surface area contributed by atoms with Gasteiger partial charge in [0, 0.05) is 19.7 Å². The van der Waals surface area contributed by atoms with Crippen molar-refractivity contribution in [2.75, 3.05) is 26.3 Å². The fourth-order valence-corrected chi connectivity index (χ4v) is 5.71. The molecule has 3 saturated heterocycles. The summed E-state index contributed by atoms with van der Waals surface area (Å²) in [6.45, 7) is 12.7. The van der Waals surface area contributed by atoms with E-state index >= 15 is 0 Å². The van der Waals surface area contributed by atoms with Gasteiger partial charge in [0.15, 0.2) is 0 Å². The Hall–Kier alpha value is -2.28. The molecule has 3 fully saturated rings. The van der Waals surface area contributed by atoms with Gasteiger partial charge in [0.1, 0.15) is 24.2 Å². The van der Waals surface area contributed by atoms with Gasteiger partial charge in [-0.1, -0.05) is 0 Å². The minimum atomic E-state index is -1.06. The molecule has 0 aliphatic carbocycles. The lowest BCUT2D eigenvalue weighted by Gasteiger charge is -2.35. The van der Waals surface area contributed by atoms with Crippen molar-refractivity contribution in [2.24, 2.45) is 11.5 Å². The van der Waals surface area contributed by atoms with Gasteiger partial charge in [-0.05, 0) is 80.1 Å². The highest BCUT2D eigenvalue weighted by Gasteiger charge is 2.44. The molecule has 3 aliphatic rings. The molecule has 3 aliphatic heterocycles. The summed E-state index contributed by atoms with van der Waals surface area (Å²) < 4.78 is 18.3. The summed E-state index contributed by atoms with van der Waals surface area (Å²) in [5.74, 6) is -1.81. The van der Waals surface area contributed by atoms with Crippen molar-refractivity contribution in [3.05, 3.63) is 0 Å². The monoisotopic (exact) mass is 567 g/mol. The third-order valence-electron chi connectivity index (χ3n) is 8.31. The molecule has 6 atom stereocenters. The Morgan fingerprint density at radius 2 is 1.45 bits per heavy atom. The Bertz CT molecular complexity index is 942. The van der Waals surface area contributed by atoms with Gasteiger partial charge in [-0.25, -0.2) is 0 Å². The van der Waals surface area contributed by atoms with Crippen LogP contribution in [0.15, 0.2) is 0 Å². The number of carbonyl (C=O) groups is 4. The smallest absolute Gasteiger partial charge is 0.246 e. The molecule has 40 heavy (non-hydrogen) atoms. The summed E-state index contributed by atoms with van der Waals surface area (Å²) in [7, 11) is 0. The van der Waals surface area contributed by atoms with Crippen LogP contribution in [0.25, 0.3) is 0 Å². The fraction of sp³-hybridized carbons (Fsp3) is 0.857. The summed E-state index contributed by atoms with van der Waals surface area (Å²) in [6.07, 6.45) is 2.06. The van der Waals surface area contributed by atoms with Crippen LogP contribution in [0.1, 0.15) is 80.1 Å². The molecule has 0 saturated carbocycles. The molecule has 0 bridgehead atoms. The molecule has 4 amide bonds. The van der Waals surface area contributed by atoms with Crippen LogP contribution in [0.4, 0.5) is 0 Å². The molecule has 3 heterocycles. The number of nitrogens with zero attached hydrogens (tertiary/aromatic N) is 2. The van der Waals surface area contributed by atoms with E-state index in [0.717, 1.165) is 0 Å². The lowest BCUT2D eigenvalue weighted by Crippen LogP contribution is -2.59. The topological polar surface area (TPSA) is 167 Å². The van der Waals surface area contributed by atoms with Gasteiger partial charge in [0.2, 0.25) is 23.6 Å². The van der Waals surface area contributed by atoms with E-state index < -0.39 is 59.4 Å². The molecule has 3 rings (SSSR count). The molecule has 12 nitrogen and oxygen atoms in total. The van der Waals surface area contributed by atoms with Crippen LogP contribution in [-0.2, 0) is 33.4 Å². The van der Waals surface area contributed by atoms with E-state index in [-0.39, 0.29) is 18.4 Å². The van der Waals surface area contributed by atoms with Gasteiger partial charge in [-0.3, -0.25) is 19.2 Å². The first kappa shape index (κ1) is 32.2. The van der Waals surface area contributed by atoms with Gasteiger partial charge in [0.25, 0.3) is 0 Å². The molecule has 12 heteroatoms. The number of primary amides is 1. The third kappa shape index (κ3) is 7.92. The normalized spacial score (nSPS) is 34.9. The predicted molar refractivity (Wildman–Crippen MR) is 148 cm³/mol. The second-order valence-electron chi connectivity index (χ2n) is 12.6. The molecule has 0 aromatic carbocycles. The van der Waals surface area contributed by atoms with Crippen LogP contribution < -0.4 is 16.8 Å². The molecule has 5 N–H and O–H groups in total. The second kappa shape index (κ2) is 13.1. The Balaban J connectivity index is 1.87. The minimum Gasteiger partial charge on any atom is -0.376 e. The highest BCUT2D eigenvalue weighted by atomic mass is 16.5. The highest BCUT2D eigenvalue weighted by Crippen LogP contribution is 2.27. The Morgan fingerprint density at radius 1 is 0.875 bits per heavy atom. The molecule has 0 aromatic heterocycles. The predicted octanol–water partition coefficient (Wildman–Crippen LogP) is 0.444. The third-order valence-corrected chi connectivity index (χ3v) is 8.31. The van der Waals surface area contributed by atoms with Crippen LogP contribution >= 0.6 is 0 Å². The van der Waals surface area contributed by atoms with Crippen LogP contribution in [0.2, 0.25) is 0 Å². The van der Waals surface area contributed by atoms with E-state index in [1.165, 1.54) is 9.80 Å². The maximum atomic E-state index is 13.7. The molecule has 228 valence electrons. The molecular weight excluding hydrogens is 518 g/mol. The van der Waals surface area contributed by atoms with Crippen LogP contribution in [-0.4, -0.2) is 107 Å². The summed E-state index contributed by atoms with van der Waals surface area (Å²) in [5, 5.41) is 2.72. The number of fused-ring (bicyclic) bond motifs is 2. The van der Waals surface area contributed by atoms with Gasteiger partial charge >= 0.3 is 0 Å². The number of ether oxygens (including phenoxy) is 3. The summed E-state index contributed by atoms with van der Waals surface area (Å²) in [5.41, 5.74) is 10.9. The molecule has 0 aromatic rings. The average molecular weight is 568 g/mol. The van der Waals surface area contributed by atoms with Gasteiger partial charge in [0.05, 0.1) is 30.0 Å². The molecule has 6 unspecified atom stereocenters. The summed E-state index contributed by atoms with van der Waals surface area (Å²) in [4.78, 5) is 55.8. The first-order chi connectivity index (χ1) is 18.6. The quantitative estimate of drug-likeness (QED) is 0.410. The number of nitrogens with two attached hydrogens (primary N) is 2. The maximum absolute atomic E-state index is 13.7. The van der Waals surface area contributed by atoms with E-state index in [1.807, 2.05) is 27.7 Å². The number of carbonyl (C=O) groups excluding carboxylic acids is 4. The van der Waals surface area contributed by atoms with Crippen LogP contribution in [0, 0.1) is 0 Å². The first-order valence-corrected chi connectivity index (χ1v) is 14.5.